The van der Waals surface area contributed by atoms with Gasteiger partial charge in [-0.1, -0.05) is 47.5 Å². The second-order valence-electron chi connectivity index (χ2n) is 8.12. The van der Waals surface area contributed by atoms with E-state index in [1.54, 1.807) is 37.3 Å². The van der Waals surface area contributed by atoms with Gasteiger partial charge in [0.2, 0.25) is 0 Å². The number of ether oxygens (including phenoxy) is 2. The number of hydrogen-bond donors (Lipinski definition) is 1. The number of hydrogen-bond acceptors (Lipinski definition) is 8. The van der Waals surface area contributed by atoms with E-state index >= 15 is 0 Å². The Morgan fingerprint density at radius 3 is 2.46 bits per heavy atom. The second-order valence-corrected chi connectivity index (χ2v) is 9.91. The minimum Gasteiger partial charge on any atom is -0.507 e. The van der Waals surface area contributed by atoms with E-state index in [0.717, 1.165) is 22.7 Å². The van der Waals surface area contributed by atoms with E-state index in [9.17, 15) is 19.5 Å². The molecule has 1 aliphatic heterocycles. The Kier molecular flexibility index (Phi) is 7.87. The first-order valence-electron chi connectivity index (χ1n) is 11.2. The monoisotopic (exact) mass is 560 g/mol. The molecule has 1 aromatic heterocycles. The molecule has 1 fully saturated rings. The highest BCUT2D eigenvalue weighted by Crippen LogP contribution is 2.45. The van der Waals surface area contributed by atoms with Crippen LogP contribution in [0.2, 0.25) is 10.0 Å². The van der Waals surface area contributed by atoms with Gasteiger partial charge in [-0.05, 0) is 55.3 Å². The van der Waals surface area contributed by atoms with Gasteiger partial charge < -0.3 is 14.6 Å². The lowest BCUT2D eigenvalue weighted by molar-refractivity contribution is -0.132. The van der Waals surface area contributed by atoms with Gasteiger partial charge in [0.15, 0.2) is 5.13 Å². The summed E-state index contributed by atoms with van der Waals surface area (Å²) in [6, 6.07) is 10.1. The first kappa shape index (κ1) is 26.7. The molecular weight excluding hydrogens is 539 g/mol. The van der Waals surface area contributed by atoms with Crippen LogP contribution in [0.5, 0.6) is 5.75 Å². The molecule has 2 aromatic carbocycles. The van der Waals surface area contributed by atoms with E-state index in [4.69, 9.17) is 32.7 Å². The SMILES string of the molecule is CCCOc1ccc(/C(O)=C2\C(=O)C(=O)N(c3nc(C)c(C(=O)OC)s3)C2c2ccc(Cl)c(Cl)c2)cc1. The standard InChI is InChI=1S/C26H22Cl2N2O6S/c1-4-11-36-16-8-5-14(6-9-16)21(31)19-20(15-7-10-17(27)18(28)12-15)30(24(33)22(19)32)26-29-13(2)23(37-26)25(34)35-3/h5-10,12,20,31H,4,11H2,1-3H3/b21-19+. The largest absolute Gasteiger partial charge is 0.507 e. The number of Topliss-reactive ketones (excluding diaryl/α,β-unsaturated/α-hetero) is 1. The Bertz CT molecular complexity index is 1420. The first-order valence-corrected chi connectivity index (χ1v) is 12.8. The third kappa shape index (κ3) is 5.07. The first-order chi connectivity index (χ1) is 17.7. The molecule has 1 amide bonds. The number of amides is 1. The molecular formula is C26H22Cl2N2O6S. The number of methoxy groups -OCH3 is 1. The van der Waals surface area contributed by atoms with E-state index in [-0.39, 0.29) is 31.4 Å². The third-order valence-electron chi connectivity index (χ3n) is 5.67. The van der Waals surface area contributed by atoms with Gasteiger partial charge in [-0.2, -0.15) is 0 Å². The molecule has 37 heavy (non-hydrogen) atoms. The fourth-order valence-corrected chi connectivity index (χ4v) is 5.20. The number of nitrogens with zero attached hydrogens (tertiary/aromatic N) is 2. The van der Waals surface area contributed by atoms with Crippen molar-refractivity contribution < 1.29 is 29.0 Å². The quantitative estimate of drug-likeness (QED) is 0.164. The Balaban J connectivity index is 1.88. The number of halogens is 2. The summed E-state index contributed by atoms with van der Waals surface area (Å²) in [6.45, 7) is 4.12. The van der Waals surface area contributed by atoms with E-state index in [1.807, 2.05) is 6.92 Å². The van der Waals surface area contributed by atoms with Crippen molar-refractivity contribution in [3.8, 4) is 5.75 Å². The Morgan fingerprint density at radius 1 is 1.14 bits per heavy atom. The van der Waals surface area contributed by atoms with Crippen LogP contribution in [0.15, 0.2) is 48.0 Å². The molecule has 4 rings (SSSR count). The molecule has 0 bridgehead atoms. The van der Waals surface area contributed by atoms with Crippen molar-refractivity contribution in [2.75, 3.05) is 18.6 Å². The van der Waals surface area contributed by atoms with Crippen molar-refractivity contribution in [1.82, 2.24) is 4.98 Å². The topological polar surface area (TPSA) is 106 Å². The van der Waals surface area contributed by atoms with E-state index in [1.165, 1.54) is 19.2 Å². The minimum absolute atomic E-state index is 0.0958. The Morgan fingerprint density at radius 2 is 1.84 bits per heavy atom. The Labute approximate surface area is 227 Å². The summed E-state index contributed by atoms with van der Waals surface area (Å²) in [7, 11) is 1.24. The maximum absolute atomic E-state index is 13.3. The van der Waals surface area contributed by atoms with Gasteiger partial charge >= 0.3 is 11.9 Å². The average Bonchev–Trinajstić information content (AvgIpc) is 3.40. The number of aryl methyl sites for hydroxylation is 1. The van der Waals surface area contributed by atoms with Crippen LogP contribution >= 0.6 is 34.5 Å². The van der Waals surface area contributed by atoms with E-state index in [2.05, 4.69) is 4.98 Å². The number of anilines is 1. The zero-order valence-electron chi connectivity index (χ0n) is 20.1. The summed E-state index contributed by atoms with van der Waals surface area (Å²) in [5.41, 5.74) is 0.922. The summed E-state index contributed by atoms with van der Waals surface area (Å²) >= 11 is 13.3. The van der Waals surface area contributed by atoms with Gasteiger partial charge in [-0.3, -0.25) is 14.5 Å². The van der Waals surface area contributed by atoms with Crippen molar-refractivity contribution >= 4 is 63.1 Å². The van der Waals surface area contributed by atoms with Crippen LogP contribution in [-0.2, 0) is 14.3 Å². The predicted molar refractivity (Wildman–Crippen MR) is 142 cm³/mol. The molecule has 1 aliphatic rings. The third-order valence-corrected chi connectivity index (χ3v) is 7.54. The van der Waals surface area contributed by atoms with Crippen molar-refractivity contribution in [1.29, 1.82) is 0 Å². The van der Waals surface area contributed by atoms with Crippen LogP contribution < -0.4 is 9.64 Å². The maximum Gasteiger partial charge on any atom is 0.350 e. The van der Waals surface area contributed by atoms with Crippen LogP contribution in [0.25, 0.3) is 5.76 Å². The molecule has 8 nitrogen and oxygen atoms in total. The average molecular weight is 561 g/mol. The number of esters is 1. The van der Waals surface area contributed by atoms with Crippen LogP contribution in [0.4, 0.5) is 5.13 Å². The molecule has 0 saturated carbocycles. The normalized spacial score (nSPS) is 16.8. The molecule has 1 atom stereocenters. The van der Waals surface area contributed by atoms with Crippen LogP contribution in [-0.4, -0.2) is 41.5 Å². The van der Waals surface area contributed by atoms with E-state index < -0.39 is 23.7 Å². The van der Waals surface area contributed by atoms with Gasteiger partial charge in [0.1, 0.15) is 16.4 Å². The molecule has 1 N–H and O–H groups in total. The summed E-state index contributed by atoms with van der Waals surface area (Å²) in [5, 5.41) is 11.8. The van der Waals surface area contributed by atoms with Crippen LogP contribution in [0, 0.1) is 6.92 Å². The number of aromatic nitrogens is 1. The van der Waals surface area contributed by atoms with Crippen molar-refractivity contribution in [2.45, 2.75) is 26.3 Å². The smallest absolute Gasteiger partial charge is 0.350 e. The molecule has 1 saturated heterocycles. The predicted octanol–water partition coefficient (Wildman–Crippen LogP) is 5.96. The number of carbonyl (C=O) groups excluding carboxylic acids is 3. The molecule has 3 aromatic rings. The number of thiazole rings is 1. The van der Waals surface area contributed by atoms with Gasteiger partial charge in [0.05, 0.1) is 41.1 Å². The summed E-state index contributed by atoms with van der Waals surface area (Å²) in [4.78, 5) is 44.5. The van der Waals surface area contributed by atoms with Crippen LogP contribution in [0.1, 0.15) is 45.9 Å². The lowest BCUT2D eigenvalue weighted by Gasteiger charge is -2.23. The fraction of sp³-hybridized carbons (Fsp3) is 0.231. The molecule has 11 heteroatoms. The number of aliphatic hydroxyl groups excluding tert-OH is 1. The lowest BCUT2D eigenvalue weighted by atomic mass is 9.95. The zero-order valence-corrected chi connectivity index (χ0v) is 22.4. The van der Waals surface area contributed by atoms with Crippen LogP contribution in [0.3, 0.4) is 0 Å². The highest BCUT2D eigenvalue weighted by Gasteiger charge is 2.48. The molecule has 0 spiro atoms. The molecule has 192 valence electrons. The molecule has 0 radical (unpaired) electrons. The fourth-order valence-electron chi connectivity index (χ4n) is 3.88. The van der Waals surface area contributed by atoms with Gasteiger partial charge in [0, 0.05) is 5.56 Å². The summed E-state index contributed by atoms with van der Waals surface area (Å²) in [5.74, 6) is -2.21. The maximum atomic E-state index is 13.3. The number of aliphatic hydroxyl groups is 1. The highest BCUT2D eigenvalue weighted by molar-refractivity contribution is 7.17. The number of benzene rings is 2. The van der Waals surface area contributed by atoms with Gasteiger partial charge in [-0.25, -0.2) is 9.78 Å². The summed E-state index contributed by atoms with van der Waals surface area (Å²) in [6.07, 6.45) is 0.836. The second kappa shape index (κ2) is 10.9. The zero-order chi connectivity index (χ0) is 26.9. The molecule has 1 unspecified atom stereocenters. The van der Waals surface area contributed by atoms with Crippen molar-refractivity contribution in [3.63, 3.8) is 0 Å². The summed E-state index contributed by atoms with van der Waals surface area (Å²) < 4.78 is 10.4. The van der Waals surface area contributed by atoms with Crippen molar-refractivity contribution in [2.24, 2.45) is 0 Å². The lowest BCUT2D eigenvalue weighted by Crippen LogP contribution is -2.29. The van der Waals surface area contributed by atoms with E-state index in [0.29, 0.717) is 29.2 Å². The van der Waals surface area contributed by atoms with Gasteiger partial charge in [-0.15, -0.1) is 0 Å². The molecule has 0 aliphatic carbocycles. The Hall–Kier alpha value is -3.40. The minimum atomic E-state index is -1.08. The highest BCUT2D eigenvalue weighted by atomic mass is 35.5. The number of ketones is 1. The number of rotatable bonds is 7. The van der Waals surface area contributed by atoms with Crippen molar-refractivity contribution in [3.05, 3.63) is 79.8 Å². The van der Waals surface area contributed by atoms with Gasteiger partial charge in [0.25, 0.3) is 5.78 Å². The number of carbonyl (C=O) groups is 3. The molecule has 2 heterocycles.